The Morgan fingerprint density at radius 3 is 2.39 bits per heavy atom. The number of amides is 1. The van der Waals surface area contributed by atoms with Crippen molar-refractivity contribution in [3.05, 3.63) is 76.7 Å². The van der Waals surface area contributed by atoms with Crippen LogP contribution in [0.2, 0.25) is 0 Å². The van der Waals surface area contributed by atoms with E-state index in [-0.39, 0.29) is 17.8 Å². The standard InChI is InChI=1S/C22H20F3N5O/c1-4-29(14(2)17-7-5-16(11-26)6-8-17)21(31)19-13-28-30(15(19)3)20-10-9-18(12-27-20)22(23,24)25/h5-10,12-14H,4H2,1-3H3. The number of alkyl halides is 3. The minimum atomic E-state index is -4.48. The number of benzene rings is 1. The molecule has 0 saturated heterocycles. The van der Waals surface area contributed by atoms with E-state index in [0.29, 0.717) is 23.4 Å². The van der Waals surface area contributed by atoms with Gasteiger partial charge in [-0.3, -0.25) is 4.79 Å². The van der Waals surface area contributed by atoms with Crippen molar-refractivity contribution in [3.8, 4) is 11.9 Å². The topological polar surface area (TPSA) is 74.8 Å². The third kappa shape index (κ3) is 4.43. The van der Waals surface area contributed by atoms with Crippen LogP contribution in [-0.2, 0) is 6.18 Å². The lowest BCUT2D eigenvalue weighted by atomic mass is 10.0. The molecule has 0 N–H and O–H groups in total. The number of aromatic nitrogens is 3. The van der Waals surface area contributed by atoms with Crippen molar-refractivity contribution in [2.45, 2.75) is 33.0 Å². The van der Waals surface area contributed by atoms with E-state index in [2.05, 4.69) is 16.2 Å². The number of pyridine rings is 1. The quantitative estimate of drug-likeness (QED) is 0.592. The van der Waals surface area contributed by atoms with Gasteiger partial charge in [-0.2, -0.15) is 23.5 Å². The first kappa shape index (κ1) is 22.0. The van der Waals surface area contributed by atoms with Crippen molar-refractivity contribution in [2.75, 3.05) is 6.54 Å². The smallest absolute Gasteiger partial charge is 0.332 e. The van der Waals surface area contributed by atoms with Crippen molar-refractivity contribution in [1.29, 1.82) is 5.26 Å². The molecule has 0 bridgehead atoms. The van der Waals surface area contributed by atoms with E-state index in [1.165, 1.54) is 16.9 Å². The molecule has 2 heterocycles. The molecule has 2 aromatic heterocycles. The highest BCUT2D eigenvalue weighted by atomic mass is 19.4. The van der Waals surface area contributed by atoms with Crippen molar-refractivity contribution >= 4 is 5.91 Å². The summed E-state index contributed by atoms with van der Waals surface area (Å²) in [5.41, 5.74) is 1.37. The minimum Gasteiger partial charge on any atom is -0.332 e. The number of halogens is 3. The molecule has 3 aromatic rings. The molecule has 1 amide bonds. The zero-order valence-corrected chi connectivity index (χ0v) is 17.2. The zero-order chi connectivity index (χ0) is 22.8. The summed E-state index contributed by atoms with van der Waals surface area (Å²) in [7, 11) is 0. The normalized spacial score (nSPS) is 12.3. The van der Waals surface area contributed by atoms with E-state index in [4.69, 9.17) is 5.26 Å². The van der Waals surface area contributed by atoms with Gasteiger partial charge in [0.25, 0.3) is 5.91 Å². The highest BCUT2D eigenvalue weighted by Gasteiger charge is 2.31. The van der Waals surface area contributed by atoms with Crippen LogP contribution in [0.5, 0.6) is 0 Å². The van der Waals surface area contributed by atoms with Gasteiger partial charge < -0.3 is 4.90 Å². The molecule has 1 aromatic carbocycles. The van der Waals surface area contributed by atoms with Crippen molar-refractivity contribution in [3.63, 3.8) is 0 Å². The maximum atomic E-state index is 13.2. The first-order chi connectivity index (χ1) is 14.7. The number of hydrogen-bond acceptors (Lipinski definition) is 4. The lowest BCUT2D eigenvalue weighted by molar-refractivity contribution is -0.137. The Balaban J connectivity index is 1.87. The molecule has 0 fully saturated rings. The van der Waals surface area contributed by atoms with Gasteiger partial charge in [0.15, 0.2) is 5.82 Å². The second-order valence-electron chi connectivity index (χ2n) is 6.96. The fourth-order valence-corrected chi connectivity index (χ4v) is 3.29. The molecule has 31 heavy (non-hydrogen) atoms. The van der Waals surface area contributed by atoms with Crippen LogP contribution < -0.4 is 0 Å². The molecular weight excluding hydrogens is 407 g/mol. The van der Waals surface area contributed by atoms with Crippen molar-refractivity contribution < 1.29 is 18.0 Å². The van der Waals surface area contributed by atoms with Gasteiger partial charge in [0.05, 0.1) is 40.7 Å². The molecule has 0 aliphatic heterocycles. The number of nitrogens with zero attached hydrogens (tertiary/aromatic N) is 5. The first-order valence-corrected chi connectivity index (χ1v) is 9.56. The van der Waals surface area contributed by atoms with Crippen LogP contribution >= 0.6 is 0 Å². The van der Waals surface area contributed by atoms with Gasteiger partial charge >= 0.3 is 6.18 Å². The van der Waals surface area contributed by atoms with Gasteiger partial charge in [0.1, 0.15) is 0 Å². The van der Waals surface area contributed by atoms with Gasteiger partial charge in [0.2, 0.25) is 0 Å². The predicted octanol–water partition coefficient (Wildman–Crippen LogP) is 4.69. The molecular formula is C22H20F3N5O. The molecule has 0 aliphatic carbocycles. The summed E-state index contributed by atoms with van der Waals surface area (Å²) in [5.74, 6) is -0.0669. The van der Waals surface area contributed by atoms with E-state index in [0.717, 1.165) is 17.8 Å². The number of nitriles is 1. The van der Waals surface area contributed by atoms with Crippen LogP contribution in [0.4, 0.5) is 13.2 Å². The van der Waals surface area contributed by atoms with Crippen LogP contribution in [-0.4, -0.2) is 32.1 Å². The summed E-state index contributed by atoms with van der Waals surface area (Å²) >= 11 is 0. The third-order valence-corrected chi connectivity index (χ3v) is 5.12. The third-order valence-electron chi connectivity index (χ3n) is 5.12. The minimum absolute atomic E-state index is 0.188. The lowest BCUT2D eigenvalue weighted by Crippen LogP contribution is -2.33. The SMILES string of the molecule is CCN(C(=O)c1cnn(-c2ccc(C(F)(F)F)cn2)c1C)C(C)c1ccc(C#N)cc1. The Morgan fingerprint density at radius 1 is 1.19 bits per heavy atom. The van der Waals surface area contributed by atoms with Crippen molar-refractivity contribution in [1.82, 2.24) is 19.7 Å². The lowest BCUT2D eigenvalue weighted by Gasteiger charge is -2.28. The van der Waals surface area contributed by atoms with Crippen LogP contribution in [0.25, 0.3) is 5.82 Å². The average molecular weight is 427 g/mol. The summed E-state index contributed by atoms with van der Waals surface area (Å²) < 4.78 is 39.6. The summed E-state index contributed by atoms with van der Waals surface area (Å²) in [6.45, 7) is 5.85. The Morgan fingerprint density at radius 2 is 1.87 bits per heavy atom. The Kier molecular flexibility index (Phi) is 6.11. The highest BCUT2D eigenvalue weighted by molar-refractivity contribution is 5.95. The van der Waals surface area contributed by atoms with E-state index >= 15 is 0 Å². The van der Waals surface area contributed by atoms with Gasteiger partial charge in [-0.15, -0.1) is 0 Å². The molecule has 6 nitrogen and oxygen atoms in total. The van der Waals surface area contributed by atoms with Crippen LogP contribution in [0, 0.1) is 18.3 Å². The van der Waals surface area contributed by atoms with Crippen LogP contribution in [0.15, 0.2) is 48.8 Å². The monoisotopic (exact) mass is 427 g/mol. The fraction of sp³-hybridized carbons (Fsp3) is 0.273. The molecule has 3 rings (SSSR count). The van der Waals surface area contributed by atoms with E-state index in [9.17, 15) is 18.0 Å². The predicted molar refractivity (Wildman–Crippen MR) is 107 cm³/mol. The Hall–Kier alpha value is -3.67. The van der Waals surface area contributed by atoms with Crippen LogP contribution in [0.3, 0.4) is 0 Å². The zero-order valence-electron chi connectivity index (χ0n) is 17.2. The molecule has 9 heteroatoms. The molecule has 1 unspecified atom stereocenters. The largest absolute Gasteiger partial charge is 0.417 e. The van der Waals surface area contributed by atoms with Crippen molar-refractivity contribution in [2.24, 2.45) is 0 Å². The second-order valence-corrected chi connectivity index (χ2v) is 6.96. The highest BCUT2D eigenvalue weighted by Crippen LogP contribution is 2.29. The summed E-state index contributed by atoms with van der Waals surface area (Å²) in [5, 5.41) is 13.1. The number of rotatable bonds is 5. The molecule has 1 atom stereocenters. The Labute approximate surface area is 177 Å². The average Bonchev–Trinajstić information content (AvgIpc) is 3.14. The van der Waals surface area contributed by atoms with E-state index in [1.807, 2.05) is 26.0 Å². The summed E-state index contributed by atoms with van der Waals surface area (Å²) in [6, 6.07) is 11.0. The summed E-state index contributed by atoms with van der Waals surface area (Å²) in [4.78, 5) is 18.7. The van der Waals surface area contributed by atoms with Crippen LogP contribution in [0.1, 0.15) is 52.6 Å². The fourth-order valence-electron chi connectivity index (χ4n) is 3.29. The molecule has 0 saturated carbocycles. The van der Waals surface area contributed by atoms with Gasteiger partial charge in [-0.1, -0.05) is 12.1 Å². The Bertz CT molecular complexity index is 1110. The molecule has 0 spiro atoms. The maximum absolute atomic E-state index is 13.2. The van der Waals surface area contributed by atoms with E-state index in [1.54, 1.807) is 24.0 Å². The van der Waals surface area contributed by atoms with E-state index < -0.39 is 11.7 Å². The number of carbonyl (C=O) groups is 1. The first-order valence-electron chi connectivity index (χ1n) is 9.56. The molecule has 0 aliphatic rings. The number of hydrogen-bond donors (Lipinski definition) is 0. The number of carbonyl (C=O) groups excluding carboxylic acids is 1. The second kappa shape index (κ2) is 8.60. The molecule has 160 valence electrons. The van der Waals surface area contributed by atoms with Gasteiger partial charge in [-0.05, 0) is 50.6 Å². The summed E-state index contributed by atoms with van der Waals surface area (Å²) in [6.07, 6.45) is -2.34. The van der Waals surface area contributed by atoms with Gasteiger partial charge in [0, 0.05) is 12.7 Å². The maximum Gasteiger partial charge on any atom is 0.417 e. The molecule has 0 radical (unpaired) electrons. The van der Waals surface area contributed by atoms with Gasteiger partial charge in [-0.25, -0.2) is 9.67 Å².